The molecule has 0 aromatic heterocycles. The summed E-state index contributed by atoms with van der Waals surface area (Å²) in [7, 11) is 0. The van der Waals surface area contributed by atoms with E-state index in [4.69, 9.17) is 9.47 Å². The Balaban J connectivity index is 2.64. The zero-order chi connectivity index (χ0) is 21.8. The highest BCUT2D eigenvalue weighted by molar-refractivity contribution is 5.76. The van der Waals surface area contributed by atoms with Gasteiger partial charge in [0.2, 0.25) is 0 Å². The number of hydrogen-bond donors (Lipinski definition) is 7. The van der Waals surface area contributed by atoms with Gasteiger partial charge in [-0.05, 0) is 20.3 Å². The van der Waals surface area contributed by atoms with E-state index < -0.39 is 79.2 Å². The molecule has 11 heteroatoms. The van der Waals surface area contributed by atoms with Crippen molar-refractivity contribution < 1.29 is 54.8 Å². The molecule has 0 spiro atoms. The van der Waals surface area contributed by atoms with Crippen LogP contribution in [0.25, 0.3) is 0 Å². The van der Waals surface area contributed by atoms with Gasteiger partial charge in [0.25, 0.3) is 0 Å². The van der Waals surface area contributed by atoms with Crippen molar-refractivity contribution >= 4 is 11.9 Å². The Morgan fingerprint density at radius 3 is 1.64 bits per heavy atom. The Labute approximate surface area is 162 Å². The van der Waals surface area contributed by atoms with Crippen LogP contribution in [0.3, 0.4) is 0 Å². The fraction of sp³-hybridized carbons (Fsp3) is 0.882. The fourth-order valence-corrected chi connectivity index (χ4v) is 3.16. The third kappa shape index (κ3) is 5.60. The number of rotatable bonds is 10. The first kappa shape index (κ1) is 24.7. The van der Waals surface area contributed by atoms with Gasteiger partial charge in [-0.15, -0.1) is 0 Å². The normalized spacial score (nSPS) is 26.3. The summed E-state index contributed by atoms with van der Waals surface area (Å²) in [6, 6.07) is 0. The van der Waals surface area contributed by atoms with Crippen LogP contribution in [0.1, 0.15) is 27.2 Å². The van der Waals surface area contributed by atoms with E-state index in [1.165, 1.54) is 0 Å². The van der Waals surface area contributed by atoms with Gasteiger partial charge in [0, 0.05) is 17.8 Å². The minimum atomic E-state index is -2.14. The molecular weight excluding hydrogens is 380 g/mol. The van der Waals surface area contributed by atoms with Gasteiger partial charge < -0.3 is 45.2 Å². The van der Waals surface area contributed by atoms with Gasteiger partial charge in [-0.1, -0.05) is 6.92 Å². The van der Waals surface area contributed by atoms with E-state index in [1.807, 2.05) is 0 Å². The molecule has 0 saturated heterocycles. The maximum absolute atomic E-state index is 12.2. The minimum absolute atomic E-state index is 0.434. The molecule has 0 heterocycles. The quantitative estimate of drug-likeness (QED) is 0.146. The van der Waals surface area contributed by atoms with Crippen molar-refractivity contribution in [1.82, 2.24) is 0 Å². The summed E-state index contributed by atoms with van der Waals surface area (Å²) in [5, 5.41) is 66.0. The third-order valence-corrected chi connectivity index (χ3v) is 5.28. The van der Waals surface area contributed by atoms with Crippen molar-refractivity contribution in [1.29, 1.82) is 0 Å². The smallest absolute Gasteiger partial charge is 0.311 e. The van der Waals surface area contributed by atoms with Crippen LogP contribution in [-0.2, 0) is 19.1 Å². The summed E-state index contributed by atoms with van der Waals surface area (Å²) < 4.78 is 9.81. The number of esters is 2. The van der Waals surface area contributed by atoms with Gasteiger partial charge in [0.15, 0.2) is 18.9 Å². The highest BCUT2D eigenvalue weighted by Crippen LogP contribution is 2.50. The number of aliphatic hydroxyl groups is 7. The standard InChI is InChI=1S/C17H30O11/c1-4-17(2,3)16(26)28-6-7(18)5-27-15(25)11-9(13(21)22)8(12(19)20)10(11)14(23)24/h7-14,18-24H,4-6H2,1-3H3. The number of carbonyl (C=O) groups excluding carboxylic acids is 2. The molecule has 0 aliphatic heterocycles. The summed E-state index contributed by atoms with van der Waals surface area (Å²) in [5.74, 6) is -7.25. The second kappa shape index (κ2) is 9.92. The molecule has 0 amide bonds. The molecule has 1 aliphatic carbocycles. The van der Waals surface area contributed by atoms with Crippen LogP contribution < -0.4 is 0 Å². The van der Waals surface area contributed by atoms with E-state index in [2.05, 4.69) is 0 Å². The highest BCUT2D eigenvalue weighted by Gasteiger charge is 2.62. The molecule has 11 nitrogen and oxygen atoms in total. The van der Waals surface area contributed by atoms with Gasteiger partial charge in [0.1, 0.15) is 19.3 Å². The summed E-state index contributed by atoms with van der Waals surface area (Å²) in [6.45, 7) is 4.11. The maximum Gasteiger partial charge on any atom is 0.311 e. The lowest BCUT2D eigenvalue weighted by Gasteiger charge is -2.52. The van der Waals surface area contributed by atoms with Crippen LogP contribution in [0.5, 0.6) is 0 Å². The molecule has 0 radical (unpaired) electrons. The Morgan fingerprint density at radius 1 is 0.821 bits per heavy atom. The van der Waals surface area contributed by atoms with E-state index in [0.29, 0.717) is 6.42 Å². The molecular formula is C17H30O11. The van der Waals surface area contributed by atoms with Crippen LogP contribution >= 0.6 is 0 Å². The topological polar surface area (TPSA) is 194 Å². The van der Waals surface area contributed by atoms with E-state index >= 15 is 0 Å². The zero-order valence-electron chi connectivity index (χ0n) is 16.0. The van der Waals surface area contributed by atoms with Gasteiger partial charge in [-0.2, -0.15) is 0 Å². The SMILES string of the molecule is CCC(C)(C)C(=O)OCC(O)COC(=O)C1C(C(O)O)C(C(O)O)C1C(O)O. The molecule has 0 bridgehead atoms. The van der Waals surface area contributed by atoms with Crippen LogP contribution in [0.15, 0.2) is 0 Å². The highest BCUT2D eigenvalue weighted by atomic mass is 16.6. The molecule has 1 saturated carbocycles. The first-order chi connectivity index (χ1) is 12.8. The molecule has 0 aromatic carbocycles. The summed E-state index contributed by atoms with van der Waals surface area (Å²) in [4.78, 5) is 24.1. The predicted molar refractivity (Wildman–Crippen MR) is 90.6 cm³/mol. The lowest BCUT2D eigenvalue weighted by Crippen LogP contribution is -2.63. The maximum atomic E-state index is 12.2. The molecule has 3 unspecified atom stereocenters. The second-order valence-electron chi connectivity index (χ2n) is 7.62. The first-order valence-electron chi connectivity index (χ1n) is 8.95. The average Bonchev–Trinajstić information content (AvgIpc) is 2.55. The van der Waals surface area contributed by atoms with E-state index in [0.717, 1.165) is 0 Å². The van der Waals surface area contributed by atoms with Crippen molar-refractivity contribution in [3.8, 4) is 0 Å². The fourth-order valence-electron chi connectivity index (χ4n) is 3.16. The second-order valence-corrected chi connectivity index (χ2v) is 7.62. The number of hydrogen-bond acceptors (Lipinski definition) is 11. The molecule has 1 rings (SSSR count). The van der Waals surface area contributed by atoms with E-state index in [-0.39, 0.29) is 0 Å². The van der Waals surface area contributed by atoms with Gasteiger partial charge in [0.05, 0.1) is 11.3 Å². The van der Waals surface area contributed by atoms with Crippen LogP contribution in [0.2, 0.25) is 0 Å². The Kier molecular flexibility index (Phi) is 8.75. The molecule has 7 N–H and O–H groups in total. The molecule has 1 fully saturated rings. The first-order valence-corrected chi connectivity index (χ1v) is 8.95. The van der Waals surface area contributed by atoms with Crippen molar-refractivity contribution in [2.45, 2.75) is 52.2 Å². The molecule has 0 aromatic rings. The Morgan fingerprint density at radius 2 is 1.25 bits per heavy atom. The number of aliphatic hydroxyl groups excluding tert-OH is 4. The van der Waals surface area contributed by atoms with Crippen LogP contribution in [-0.4, -0.2) is 85.9 Å². The number of carbonyl (C=O) groups is 2. The molecule has 28 heavy (non-hydrogen) atoms. The minimum Gasteiger partial charge on any atom is -0.463 e. The van der Waals surface area contributed by atoms with Gasteiger partial charge in [-0.3, -0.25) is 9.59 Å². The average molecular weight is 410 g/mol. The Bertz CT molecular complexity index is 515. The lowest BCUT2D eigenvalue weighted by atomic mass is 9.55. The van der Waals surface area contributed by atoms with Crippen LogP contribution in [0.4, 0.5) is 0 Å². The molecule has 164 valence electrons. The molecule has 1 aliphatic rings. The monoisotopic (exact) mass is 410 g/mol. The van der Waals surface area contributed by atoms with Crippen molar-refractivity contribution in [3.05, 3.63) is 0 Å². The number of ether oxygens (including phenoxy) is 2. The van der Waals surface area contributed by atoms with Crippen molar-refractivity contribution in [2.75, 3.05) is 13.2 Å². The Hall–Kier alpha value is -1.34. The summed E-state index contributed by atoms with van der Waals surface area (Å²) in [5.41, 5.74) is -0.739. The van der Waals surface area contributed by atoms with E-state index in [9.17, 15) is 45.3 Å². The molecule has 3 atom stereocenters. The third-order valence-electron chi connectivity index (χ3n) is 5.28. The predicted octanol–water partition coefficient (Wildman–Crippen LogP) is -2.72. The van der Waals surface area contributed by atoms with Gasteiger partial charge >= 0.3 is 11.9 Å². The van der Waals surface area contributed by atoms with Gasteiger partial charge in [-0.25, -0.2) is 0 Å². The summed E-state index contributed by atoms with van der Waals surface area (Å²) >= 11 is 0. The summed E-state index contributed by atoms with van der Waals surface area (Å²) in [6.07, 6.45) is -7.22. The largest absolute Gasteiger partial charge is 0.463 e. The lowest BCUT2D eigenvalue weighted by molar-refractivity contribution is -0.289. The van der Waals surface area contributed by atoms with E-state index in [1.54, 1.807) is 20.8 Å². The van der Waals surface area contributed by atoms with Crippen molar-refractivity contribution in [2.24, 2.45) is 29.1 Å². The van der Waals surface area contributed by atoms with Crippen molar-refractivity contribution in [3.63, 3.8) is 0 Å². The zero-order valence-corrected chi connectivity index (χ0v) is 16.0. The van der Waals surface area contributed by atoms with Crippen LogP contribution in [0, 0.1) is 29.1 Å².